The molecule has 0 aliphatic rings. The maximum Gasteiger partial charge on any atom is 0.333 e. The topological polar surface area (TPSA) is 52.6 Å². The summed E-state index contributed by atoms with van der Waals surface area (Å²) >= 11 is 0. The summed E-state index contributed by atoms with van der Waals surface area (Å²) in [6.45, 7) is 11.2. The molecule has 0 aliphatic carbocycles. The quantitative estimate of drug-likeness (QED) is 0.347. The van der Waals surface area contributed by atoms with Crippen molar-refractivity contribution < 1.29 is 19.1 Å². The second-order valence-corrected chi connectivity index (χ2v) is 4.60. The number of esters is 2. The van der Waals surface area contributed by atoms with Gasteiger partial charge in [-0.3, -0.25) is 0 Å². The fraction of sp³-hybridized carbons (Fsp3) is 0.600. The van der Waals surface area contributed by atoms with Gasteiger partial charge in [-0.25, -0.2) is 9.59 Å². The standard InChI is InChI=1S/C15H24O4/c1-12(2)14(16)18-10-8-6-5-7-9-11-19-15(17)13(3)4/h1,3,5-11H2,2,4H3. The highest BCUT2D eigenvalue weighted by Crippen LogP contribution is 2.05. The van der Waals surface area contributed by atoms with Gasteiger partial charge in [-0.1, -0.05) is 32.4 Å². The molecule has 0 fully saturated rings. The van der Waals surface area contributed by atoms with Crippen molar-refractivity contribution in [3.8, 4) is 0 Å². The third kappa shape index (κ3) is 10.1. The molecule has 0 spiro atoms. The zero-order valence-corrected chi connectivity index (χ0v) is 12.0. The Kier molecular flexibility index (Phi) is 9.49. The highest BCUT2D eigenvalue weighted by atomic mass is 16.5. The summed E-state index contributed by atoms with van der Waals surface area (Å²) in [6, 6.07) is 0. The van der Waals surface area contributed by atoms with Crippen LogP contribution in [0, 0.1) is 0 Å². The van der Waals surface area contributed by atoms with E-state index < -0.39 is 0 Å². The minimum absolute atomic E-state index is 0.327. The van der Waals surface area contributed by atoms with Gasteiger partial charge in [0.15, 0.2) is 0 Å². The van der Waals surface area contributed by atoms with Crippen molar-refractivity contribution in [3.63, 3.8) is 0 Å². The molecule has 0 saturated carbocycles. The second-order valence-electron chi connectivity index (χ2n) is 4.60. The van der Waals surface area contributed by atoms with Crippen molar-refractivity contribution in [1.29, 1.82) is 0 Å². The molecule has 0 bridgehead atoms. The van der Waals surface area contributed by atoms with Gasteiger partial charge in [-0.15, -0.1) is 0 Å². The fourth-order valence-corrected chi connectivity index (χ4v) is 1.31. The zero-order valence-electron chi connectivity index (χ0n) is 12.0. The lowest BCUT2D eigenvalue weighted by Crippen LogP contribution is -2.06. The second kappa shape index (κ2) is 10.4. The van der Waals surface area contributed by atoms with Gasteiger partial charge >= 0.3 is 11.9 Å². The van der Waals surface area contributed by atoms with Crippen LogP contribution in [-0.2, 0) is 19.1 Å². The maximum atomic E-state index is 11.1. The molecule has 0 amide bonds. The highest BCUT2D eigenvalue weighted by molar-refractivity contribution is 5.87. The minimum Gasteiger partial charge on any atom is -0.462 e. The Labute approximate surface area is 115 Å². The van der Waals surface area contributed by atoms with E-state index in [1.807, 2.05) is 0 Å². The van der Waals surface area contributed by atoms with E-state index in [0.29, 0.717) is 24.4 Å². The number of hydrogen-bond acceptors (Lipinski definition) is 4. The van der Waals surface area contributed by atoms with E-state index in [-0.39, 0.29) is 11.9 Å². The van der Waals surface area contributed by atoms with Gasteiger partial charge in [-0.2, -0.15) is 0 Å². The van der Waals surface area contributed by atoms with Gasteiger partial charge < -0.3 is 9.47 Å². The average molecular weight is 268 g/mol. The Bertz CT molecular complexity index is 299. The number of carbonyl (C=O) groups is 2. The Hall–Kier alpha value is -1.58. The summed E-state index contributed by atoms with van der Waals surface area (Å²) < 4.78 is 9.94. The van der Waals surface area contributed by atoms with E-state index in [1.54, 1.807) is 13.8 Å². The molecule has 0 aromatic carbocycles. The minimum atomic E-state index is -0.327. The van der Waals surface area contributed by atoms with E-state index in [2.05, 4.69) is 13.2 Å². The first-order valence-corrected chi connectivity index (χ1v) is 6.60. The van der Waals surface area contributed by atoms with Gasteiger partial charge in [0.2, 0.25) is 0 Å². The van der Waals surface area contributed by atoms with Crippen LogP contribution >= 0.6 is 0 Å². The Morgan fingerprint density at radius 1 is 0.737 bits per heavy atom. The molecule has 0 aromatic heterocycles. The largest absolute Gasteiger partial charge is 0.462 e. The van der Waals surface area contributed by atoms with Crippen LogP contribution in [0.5, 0.6) is 0 Å². The molecule has 0 aliphatic heterocycles. The molecule has 108 valence electrons. The van der Waals surface area contributed by atoms with Gasteiger partial charge in [0.25, 0.3) is 0 Å². The third-order valence-corrected chi connectivity index (χ3v) is 2.45. The monoisotopic (exact) mass is 268 g/mol. The van der Waals surface area contributed by atoms with Crippen LogP contribution < -0.4 is 0 Å². The molecule has 4 nitrogen and oxygen atoms in total. The smallest absolute Gasteiger partial charge is 0.333 e. The lowest BCUT2D eigenvalue weighted by Gasteiger charge is -2.05. The van der Waals surface area contributed by atoms with E-state index in [1.165, 1.54) is 0 Å². The third-order valence-electron chi connectivity index (χ3n) is 2.45. The highest BCUT2D eigenvalue weighted by Gasteiger charge is 2.03. The van der Waals surface area contributed by atoms with Gasteiger partial charge in [0.1, 0.15) is 0 Å². The van der Waals surface area contributed by atoms with Crippen molar-refractivity contribution in [2.45, 2.75) is 46.0 Å². The Balaban J connectivity index is 3.28. The molecule has 4 heteroatoms. The van der Waals surface area contributed by atoms with Crippen LogP contribution in [0.3, 0.4) is 0 Å². The first-order chi connectivity index (χ1) is 8.95. The summed E-state index contributed by atoms with van der Waals surface area (Å²) in [5, 5.41) is 0. The van der Waals surface area contributed by atoms with Gasteiger partial charge in [0, 0.05) is 11.1 Å². The Morgan fingerprint density at radius 3 is 1.37 bits per heavy atom. The predicted molar refractivity (Wildman–Crippen MR) is 74.6 cm³/mol. The number of hydrogen-bond donors (Lipinski definition) is 0. The van der Waals surface area contributed by atoms with Crippen LogP contribution in [0.15, 0.2) is 24.3 Å². The predicted octanol–water partition coefficient (Wildman–Crippen LogP) is 3.18. The van der Waals surface area contributed by atoms with Crippen molar-refractivity contribution in [3.05, 3.63) is 24.3 Å². The first-order valence-electron chi connectivity index (χ1n) is 6.60. The average Bonchev–Trinajstić information content (AvgIpc) is 2.35. The molecule has 0 saturated heterocycles. The molecule has 0 unspecified atom stereocenters. The summed E-state index contributed by atoms with van der Waals surface area (Å²) in [5.74, 6) is -0.654. The van der Waals surface area contributed by atoms with E-state index >= 15 is 0 Å². The van der Waals surface area contributed by atoms with Crippen LogP contribution in [-0.4, -0.2) is 25.2 Å². The van der Waals surface area contributed by atoms with Crippen molar-refractivity contribution in [2.24, 2.45) is 0 Å². The summed E-state index contributed by atoms with van der Waals surface area (Å²) in [4.78, 5) is 22.1. The van der Waals surface area contributed by atoms with Crippen LogP contribution in [0.1, 0.15) is 46.0 Å². The van der Waals surface area contributed by atoms with Crippen molar-refractivity contribution >= 4 is 11.9 Å². The molecule has 0 N–H and O–H groups in total. The molecule has 0 aromatic rings. The molecule has 0 heterocycles. The van der Waals surface area contributed by atoms with Crippen molar-refractivity contribution in [2.75, 3.05) is 13.2 Å². The van der Waals surface area contributed by atoms with Gasteiger partial charge in [0.05, 0.1) is 13.2 Å². The van der Waals surface area contributed by atoms with E-state index in [4.69, 9.17) is 9.47 Å². The molecule has 0 radical (unpaired) electrons. The van der Waals surface area contributed by atoms with Crippen LogP contribution in [0.25, 0.3) is 0 Å². The molecular formula is C15H24O4. The molecule has 19 heavy (non-hydrogen) atoms. The van der Waals surface area contributed by atoms with E-state index in [0.717, 1.165) is 32.1 Å². The SMILES string of the molecule is C=C(C)C(=O)OCCCCCCCOC(=O)C(=C)C. The number of rotatable bonds is 10. The lowest BCUT2D eigenvalue weighted by molar-refractivity contribution is -0.139. The number of ether oxygens (including phenoxy) is 2. The number of unbranched alkanes of at least 4 members (excludes halogenated alkanes) is 4. The van der Waals surface area contributed by atoms with Gasteiger partial charge in [-0.05, 0) is 26.7 Å². The Morgan fingerprint density at radius 2 is 1.05 bits per heavy atom. The van der Waals surface area contributed by atoms with E-state index in [9.17, 15) is 9.59 Å². The normalized spacial score (nSPS) is 9.79. The maximum absolute atomic E-state index is 11.1. The van der Waals surface area contributed by atoms with Crippen LogP contribution in [0.4, 0.5) is 0 Å². The first kappa shape index (κ1) is 17.4. The summed E-state index contributed by atoms with van der Waals surface area (Å²) in [6.07, 6.45) is 4.74. The molecule has 0 atom stereocenters. The lowest BCUT2D eigenvalue weighted by atomic mass is 10.1. The summed E-state index contributed by atoms with van der Waals surface area (Å²) in [5.41, 5.74) is 0.860. The zero-order chi connectivity index (χ0) is 14.7. The molecule has 0 rings (SSSR count). The number of carbonyl (C=O) groups excluding carboxylic acids is 2. The van der Waals surface area contributed by atoms with Crippen molar-refractivity contribution in [1.82, 2.24) is 0 Å². The fourth-order valence-electron chi connectivity index (χ4n) is 1.31. The molecular weight excluding hydrogens is 244 g/mol. The summed E-state index contributed by atoms with van der Waals surface area (Å²) in [7, 11) is 0. The van der Waals surface area contributed by atoms with Crippen LogP contribution in [0.2, 0.25) is 0 Å².